The maximum absolute atomic E-state index is 12.0. The summed E-state index contributed by atoms with van der Waals surface area (Å²) in [7, 11) is -0.953. The fourth-order valence-electron chi connectivity index (χ4n) is 2.05. The molecule has 2 aromatic carbocycles. The average Bonchev–Trinajstić information content (AvgIpc) is 2.55. The second-order valence-electron chi connectivity index (χ2n) is 5.18. The summed E-state index contributed by atoms with van der Waals surface area (Å²) in [6.07, 6.45) is 0. The molecule has 0 unspecified atom stereocenters. The van der Waals surface area contributed by atoms with Gasteiger partial charge in [0.25, 0.3) is 0 Å². The van der Waals surface area contributed by atoms with Crippen molar-refractivity contribution in [2.24, 2.45) is 0 Å². The second kappa shape index (κ2) is 9.53. The zero-order valence-electron chi connectivity index (χ0n) is 13.2. The number of nitrogens with one attached hydrogen (secondary N) is 1. The van der Waals surface area contributed by atoms with E-state index in [0.717, 1.165) is 10.5 Å². The number of aryl methyl sites for hydroxylation is 1. The van der Waals surface area contributed by atoms with Crippen molar-refractivity contribution in [3.05, 3.63) is 65.7 Å². The van der Waals surface area contributed by atoms with Gasteiger partial charge in [-0.25, -0.2) is 0 Å². The summed E-state index contributed by atoms with van der Waals surface area (Å²) in [5, 5.41) is 2.84. The number of amides is 1. The minimum atomic E-state index is -0.953. The number of hydrogen-bond donors (Lipinski definition) is 1. The van der Waals surface area contributed by atoms with Crippen molar-refractivity contribution in [3.63, 3.8) is 0 Å². The van der Waals surface area contributed by atoms with E-state index in [1.54, 1.807) is 0 Å². The molecule has 23 heavy (non-hydrogen) atoms. The SMILES string of the molecule is Cc1ccccc1SCC(=O)NCC[S@](=O)Cc1ccccc1. The largest absolute Gasteiger partial charge is 0.354 e. The fourth-order valence-corrected chi connectivity index (χ4v) is 3.95. The number of thioether (sulfide) groups is 1. The molecule has 122 valence electrons. The molecule has 0 bridgehead atoms. The van der Waals surface area contributed by atoms with E-state index in [0.29, 0.717) is 23.8 Å². The standard InChI is InChI=1S/C18H21NO2S2/c1-15-7-5-6-10-17(15)22-13-18(20)19-11-12-23(21)14-16-8-3-2-4-9-16/h2-10H,11-14H2,1H3,(H,19,20)/t23-/m0/s1. The molecule has 0 saturated heterocycles. The van der Waals surface area contributed by atoms with Crippen LogP contribution < -0.4 is 5.32 Å². The van der Waals surface area contributed by atoms with Gasteiger partial charge in [0.1, 0.15) is 0 Å². The van der Waals surface area contributed by atoms with Gasteiger partial charge >= 0.3 is 0 Å². The molecule has 1 N–H and O–H groups in total. The summed E-state index contributed by atoms with van der Waals surface area (Å²) in [5.41, 5.74) is 2.24. The molecule has 2 aromatic rings. The molecule has 0 aliphatic carbocycles. The van der Waals surface area contributed by atoms with Gasteiger partial charge in [0.15, 0.2) is 0 Å². The lowest BCUT2D eigenvalue weighted by Crippen LogP contribution is -2.29. The highest BCUT2D eigenvalue weighted by atomic mass is 32.2. The van der Waals surface area contributed by atoms with Crippen LogP contribution in [0.2, 0.25) is 0 Å². The summed E-state index contributed by atoms with van der Waals surface area (Å²) in [4.78, 5) is 13.0. The molecule has 0 aliphatic heterocycles. The van der Waals surface area contributed by atoms with Crippen LogP contribution in [0.1, 0.15) is 11.1 Å². The molecule has 0 saturated carbocycles. The van der Waals surface area contributed by atoms with Crippen molar-refractivity contribution >= 4 is 28.5 Å². The van der Waals surface area contributed by atoms with E-state index in [9.17, 15) is 9.00 Å². The van der Waals surface area contributed by atoms with Gasteiger partial charge in [-0.05, 0) is 24.1 Å². The molecule has 0 fully saturated rings. The van der Waals surface area contributed by atoms with Gasteiger partial charge in [-0.3, -0.25) is 9.00 Å². The maximum Gasteiger partial charge on any atom is 0.230 e. The zero-order chi connectivity index (χ0) is 16.5. The Morgan fingerprint density at radius 1 is 1.09 bits per heavy atom. The van der Waals surface area contributed by atoms with E-state index in [1.165, 1.54) is 17.3 Å². The van der Waals surface area contributed by atoms with Crippen LogP contribution in [0.25, 0.3) is 0 Å². The smallest absolute Gasteiger partial charge is 0.230 e. The minimum Gasteiger partial charge on any atom is -0.354 e. The van der Waals surface area contributed by atoms with E-state index in [4.69, 9.17) is 0 Å². The number of benzene rings is 2. The number of hydrogen-bond acceptors (Lipinski definition) is 3. The van der Waals surface area contributed by atoms with E-state index in [1.807, 2.05) is 61.5 Å². The Balaban J connectivity index is 1.65. The second-order valence-corrected chi connectivity index (χ2v) is 7.77. The van der Waals surface area contributed by atoms with Gasteiger partial charge in [0.05, 0.1) is 5.75 Å². The van der Waals surface area contributed by atoms with Crippen LogP contribution in [0.15, 0.2) is 59.5 Å². The van der Waals surface area contributed by atoms with Crippen molar-refractivity contribution in [1.82, 2.24) is 5.32 Å². The Morgan fingerprint density at radius 3 is 2.52 bits per heavy atom. The van der Waals surface area contributed by atoms with Crippen LogP contribution in [0.5, 0.6) is 0 Å². The van der Waals surface area contributed by atoms with Gasteiger partial charge in [-0.2, -0.15) is 0 Å². The lowest BCUT2D eigenvalue weighted by Gasteiger charge is -2.07. The van der Waals surface area contributed by atoms with Gasteiger partial charge in [-0.1, -0.05) is 48.5 Å². The van der Waals surface area contributed by atoms with Crippen LogP contribution >= 0.6 is 11.8 Å². The first kappa shape index (κ1) is 17.8. The first-order valence-electron chi connectivity index (χ1n) is 7.49. The Labute approximate surface area is 144 Å². The number of rotatable bonds is 8. The lowest BCUT2D eigenvalue weighted by atomic mass is 10.2. The van der Waals surface area contributed by atoms with Gasteiger partial charge in [0.2, 0.25) is 5.91 Å². The fraction of sp³-hybridized carbons (Fsp3) is 0.278. The third-order valence-electron chi connectivity index (χ3n) is 3.27. The van der Waals surface area contributed by atoms with Gasteiger partial charge < -0.3 is 5.32 Å². The van der Waals surface area contributed by atoms with Crippen molar-refractivity contribution in [3.8, 4) is 0 Å². The summed E-state index contributed by atoms with van der Waals surface area (Å²) < 4.78 is 12.0. The highest BCUT2D eigenvalue weighted by molar-refractivity contribution is 8.00. The molecule has 0 aliphatic rings. The Bertz CT molecular complexity index is 659. The Hall–Kier alpha value is -1.59. The molecule has 1 atom stereocenters. The third kappa shape index (κ3) is 6.59. The van der Waals surface area contributed by atoms with E-state index >= 15 is 0 Å². The normalized spacial score (nSPS) is 11.9. The first-order chi connectivity index (χ1) is 11.1. The van der Waals surface area contributed by atoms with Gasteiger partial charge in [0, 0.05) is 33.7 Å². The summed E-state index contributed by atoms with van der Waals surface area (Å²) in [5.74, 6) is 1.38. The quantitative estimate of drug-likeness (QED) is 0.746. The molecule has 0 heterocycles. The summed E-state index contributed by atoms with van der Waals surface area (Å²) >= 11 is 1.53. The summed E-state index contributed by atoms with van der Waals surface area (Å²) in [6.45, 7) is 2.49. The van der Waals surface area contributed by atoms with Crippen LogP contribution in [0.3, 0.4) is 0 Å². The predicted molar refractivity (Wildman–Crippen MR) is 98.1 cm³/mol. The number of carbonyl (C=O) groups is 1. The van der Waals surface area contributed by atoms with Crippen LogP contribution in [0, 0.1) is 6.92 Å². The number of carbonyl (C=O) groups excluding carboxylic acids is 1. The zero-order valence-corrected chi connectivity index (χ0v) is 14.8. The van der Waals surface area contributed by atoms with Crippen molar-refractivity contribution < 1.29 is 9.00 Å². The average molecular weight is 348 g/mol. The first-order valence-corrected chi connectivity index (χ1v) is 9.96. The highest BCUT2D eigenvalue weighted by Gasteiger charge is 2.06. The predicted octanol–water partition coefficient (Wildman–Crippen LogP) is 3.15. The molecular formula is C18H21NO2S2. The molecule has 0 radical (unpaired) electrons. The van der Waals surface area contributed by atoms with E-state index in [2.05, 4.69) is 5.32 Å². The Morgan fingerprint density at radius 2 is 1.78 bits per heavy atom. The molecule has 2 rings (SSSR count). The lowest BCUT2D eigenvalue weighted by molar-refractivity contribution is -0.118. The topological polar surface area (TPSA) is 46.2 Å². The van der Waals surface area contributed by atoms with Crippen molar-refractivity contribution in [2.45, 2.75) is 17.6 Å². The van der Waals surface area contributed by atoms with Crippen LogP contribution in [-0.4, -0.2) is 28.2 Å². The van der Waals surface area contributed by atoms with Crippen molar-refractivity contribution in [2.75, 3.05) is 18.1 Å². The monoisotopic (exact) mass is 347 g/mol. The highest BCUT2D eigenvalue weighted by Crippen LogP contribution is 2.21. The molecule has 5 heteroatoms. The molecule has 1 amide bonds. The maximum atomic E-state index is 12.0. The van der Waals surface area contributed by atoms with Crippen LogP contribution in [-0.2, 0) is 21.3 Å². The minimum absolute atomic E-state index is 0.0186. The molecule has 3 nitrogen and oxygen atoms in total. The summed E-state index contributed by atoms with van der Waals surface area (Å²) in [6, 6.07) is 17.8. The Kier molecular flexibility index (Phi) is 7.36. The molecular weight excluding hydrogens is 326 g/mol. The third-order valence-corrected chi connectivity index (χ3v) is 5.77. The van der Waals surface area contributed by atoms with E-state index < -0.39 is 10.8 Å². The molecule has 0 spiro atoms. The van der Waals surface area contributed by atoms with E-state index in [-0.39, 0.29) is 5.91 Å². The van der Waals surface area contributed by atoms with Gasteiger partial charge in [-0.15, -0.1) is 11.8 Å². The molecule has 0 aromatic heterocycles. The van der Waals surface area contributed by atoms with Crippen LogP contribution in [0.4, 0.5) is 0 Å². The van der Waals surface area contributed by atoms with Crippen molar-refractivity contribution in [1.29, 1.82) is 0 Å².